The lowest BCUT2D eigenvalue weighted by Crippen LogP contribution is -2.00. The first kappa shape index (κ1) is 50.5. The summed E-state index contributed by atoms with van der Waals surface area (Å²) in [6.45, 7) is 13.2. The van der Waals surface area contributed by atoms with E-state index in [-0.39, 0.29) is 0 Å². The molecule has 9 rings (SSSR count). The summed E-state index contributed by atoms with van der Waals surface area (Å²) in [4.78, 5) is 0. The molecule has 2 aliphatic rings. The first-order valence-corrected chi connectivity index (χ1v) is 25.0. The molecule has 3 N–H and O–H groups in total. The summed E-state index contributed by atoms with van der Waals surface area (Å²) >= 11 is 0. The van der Waals surface area contributed by atoms with E-state index in [1.54, 1.807) is 0 Å². The second-order valence-corrected chi connectivity index (χ2v) is 18.1. The first-order chi connectivity index (χ1) is 33.2. The van der Waals surface area contributed by atoms with Crippen molar-refractivity contribution in [3.05, 3.63) is 256 Å². The second-order valence-electron chi connectivity index (χ2n) is 18.1. The van der Waals surface area contributed by atoms with Crippen molar-refractivity contribution in [2.45, 2.75) is 106 Å². The number of para-hydroxylation sites is 1. The van der Waals surface area contributed by atoms with Gasteiger partial charge in [0.15, 0.2) is 0 Å². The van der Waals surface area contributed by atoms with Gasteiger partial charge >= 0.3 is 0 Å². The highest BCUT2D eigenvalue weighted by Crippen LogP contribution is 2.33. The van der Waals surface area contributed by atoms with Gasteiger partial charge in [-0.3, -0.25) is 0 Å². The number of hydrogen-bond acceptors (Lipinski definition) is 2. The predicted octanol–water partition coefficient (Wildman–Crippen LogP) is 18.2. The van der Waals surface area contributed by atoms with Gasteiger partial charge in [-0.1, -0.05) is 200 Å². The van der Waals surface area contributed by atoms with Gasteiger partial charge in [0, 0.05) is 17.1 Å². The fourth-order valence-electron chi connectivity index (χ4n) is 8.62. The summed E-state index contributed by atoms with van der Waals surface area (Å²) in [7, 11) is 0. The van der Waals surface area contributed by atoms with Gasteiger partial charge in [-0.05, 0) is 184 Å². The van der Waals surface area contributed by atoms with Crippen LogP contribution in [0.4, 0.5) is 17.1 Å². The quantitative estimate of drug-likeness (QED) is 0.120. The lowest BCUT2D eigenvalue weighted by Gasteiger charge is -2.17. The lowest BCUT2D eigenvalue weighted by molar-refractivity contribution is 0.914. The molecule has 7 aromatic rings. The minimum atomic E-state index is 0.822. The number of aryl methyl sites for hydroxylation is 8. The number of benzene rings is 7. The zero-order valence-electron chi connectivity index (χ0n) is 41.7. The van der Waals surface area contributed by atoms with E-state index < -0.39 is 0 Å². The minimum absolute atomic E-state index is 0.822. The Morgan fingerprint density at radius 3 is 1.09 bits per heavy atom. The Morgan fingerprint density at radius 2 is 0.779 bits per heavy atom. The summed E-state index contributed by atoms with van der Waals surface area (Å²) in [6, 6.07) is 57.9. The van der Waals surface area contributed by atoms with Crippen LogP contribution in [-0.2, 0) is 25.7 Å². The Labute approximate surface area is 410 Å². The van der Waals surface area contributed by atoms with Crippen LogP contribution in [0.3, 0.4) is 0 Å². The average Bonchev–Trinajstić information content (AvgIpc) is 3.37. The monoisotopic (exact) mass is 895 g/mol. The molecule has 0 amide bonds. The highest BCUT2D eigenvalue weighted by molar-refractivity contribution is 5.76. The molecule has 0 unspecified atom stereocenters. The third-order valence-electron chi connectivity index (χ3n) is 12.8. The number of nitrogens with one attached hydrogen (secondary N) is 1. The van der Waals surface area contributed by atoms with E-state index in [1.807, 2.05) is 66.7 Å². The van der Waals surface area contributed by atoms with Gasteiger partial charge in [0.1, 0.15) is 0 Å². The smallest absolute Gasteiger partial charge is 0.0417 e. The molecule has 0 spiro atoms. The number of hydrogen-bond donors (Lipinski definition) is 2. The van der Waals surface area contributed by atoms with Crippen molar-refractivity contribution in [3.8, 4) is 22.3 Å². The van der Waals surface area contributed by atoms with E-state index in [0.717, 1.165) is 44.2 Å². The van der Waals surface area contributed by atoms with Crippen LogP contribution in [0.2, 0.25) is 0 Å². The first-order valence-electron chi connectivity index (χ1n) is 25.0. The van der Waals surface area contributed by atoms with Gasteiger partial charge < -0.3 is 11.1 Å². The van der Waals surface area contributed by atoms with Crippen molar-refractivity contribution in [1.82, 2.24) is 0 Å². The number of anilines is 3. The normalized spacial score (nSPS) is 12.5. The van der Waals surface area contributed by atoms with E-state index in [1.165, 1.54) is 115 Å². The molecule has 0 fully saturated rings. The van der Waals surface area contributed by atoms with E-state index in [0.29, 0.717) is 0 Å². The van der Waals surface area contributed by atoms with Crippen LogP contribution in [0.1, 0.15) is 96.9 Å². The van der Waals surface area contributed by atoms with Crippen molar-refractivity contribution in [1.29, 1.82) is 0 Å². The summed E-state index contributed by atoms with van der Waals surface area (Å²) < 4.78 is 0. The minimum Gasteiger partial charge on any atom is -0.399 e. The van der Waals surface area contributed by atoms with Crippen molar-refractivity contribution >= 4 is 17.1 Å². The molecule has 0 atom stereocenters. The molecule has 2 heteroatoms. The molecule has 68 heavy (non-hydrogen) atoms. The molecule has 0 saturated heterocycles. The molecule has 0 bridgehead atoms. The summed E-state index contributed by atoms with van der Waals surface area (Å²) in [6.07, 6.45) is 25.2. The van der Waals surface area contributed by atoms with Crippen LogP contribution in [-0.4, -0.2) is 0 Å². The molecular formula is C66H74N2. The van der Waals surface area contributed by atoms with Crippen molar-refractivity contribution in [2.75, 3.05) is 11.1 Å². The van der Waals surface area contributed by atoms with Gasteiger partial charge in [-0.25, -0.2) is 0 Å². The number of nitrogen functional groups attached to an aromatic ring is 1. The molecule has 0 radical (unpaired) electrons. The lowest BCUT2D eigenvalue weighted by atomic mass is 9.93. The number of allylic oxidation sites excluding steroid dienone is 8. The Morgan fingerprint density at radius 1 is 0.397 bits per heavy atom. The Bertz CT molecular complexity index is 2530. The average molecular weight is 895 g/mol. The second kappa shape index (κ2) is 27.0. The van der Waals surface area contributed by atoms with Crippen LogP contribution < -0.4 is 11.1 Å². The molecule has 0 saturated carbocycles. The van der Waals surface area contributed by atoms with Gasteiger partial charge in [0.05, 0.1) is 0 Å². The Kier molecular flexibility index (Phi) is 20.1. The summed E-state index contributed by atoms with van der Waals surface area (Å²) in [5, 5.41) is 3.82. The largest absolute Gasteiger partial charge is 0.399 e. The van der Waals surface area contributed by atoms with Gasteiger partial charge in [-0.15, -0.1) is 0 Å². The molecule has 0 aromatic heterocycles. The third-order valence-corrected chi connectivity index (χ3v) is 12.8. The zero-order valence-corrected chi connectivity index (χ0v) is 41.7. The van der Waals surface area contributed by atoms with Crippen LogP contribution in [0.25, 0.3) is 22.3 Å². The molecule has 7 aromatic carbocycles. The van der Waals surface area contributed by atoms with Crippen LogP contribution in [0, 0.1) is 27.7 Å². The molecule has 0 aliphatic heterocycles. The Balaban J connectivity index is 0.000000294. The summed E-state index contributed by atoms with van der Waals surface area (Å²) in [5.74, 6) is 0. The summed E-state index contributed by atoms with van der Waals surface area (Å²) in [5.41, 5.74) is 27.7. The molecule has 348 valence electrons. The molecule has 2 aliphatic carbocycles. The van der Waals surface area contributed by atoms with Crippen molar-refractivity contribution in [2.24, 2.45) is 0 Å². The topological polar surface area (TPSA) is 38.0 Å². The highest BCUT2D eigenvalue weighted by Gasteiger charge is 2.12. The van der Waals surface area contributed by atoms with E-state index >= 15 is 0 Å². The molecular weight excluding hydrogens is 821 g/mol. The predicted molar refractivity (Wildman–Crippen MR) is 298 cm³/mol. The fourth-order valence-corrected chi connectivity index (χ4v) is 8.62. The van der Waals surface area contributed by atoms with Gasteiger partial charge in [0.2, 0.25) is 0 Å². The number of nitrogens with two attached hydrogens (primary N) is 1. The van der Waals surface area contributed by atoms with Crippen LogP contribution in [0.5, 0.6) is 0 Å². The fraction of sp³-hybridized carbons (Fsp3) is 0.242. The van der Waals surface area contributed by atoms with Crippen LogP contribution in [0.15, 0.2) is 211 Å². The van der Waals surface area contributed by atoms with E-state index in [4.69, 9.17) is 5.73 Å². The van der Waals surface area contributed by atoms with Crippen molar-refractivity contribution in [3.63, 3.8) is 0 Å². The van der Waals surface area contributed by atoms with Gasteiger partial charge in [-0.2, -0.15) is 0 Å². The van der Waals surface area contributed by atoms with Gasteiger partial charge in [0.25, 0.3) is 0 Å². The maximum Gasteiger partial charge on any atom is 0.0417 e. The van der Waals surface area contributed by atoms with Crippen molar-refractivity contribution < 1.29 is 0 Å². The zero-order chi connectivity index (χ0) is 47.9. The third kappa shape index (κ3) is 16.2. The van der Waals surface area contributed by atoms with E-state index in [9.17, 15) is 0 Å². The van der Waals surface area contributed by atoms with E-state index in [2.05, 4.69) is 180 Å². The van der Waals surface area contributed by atoms with Crippen LogP contribution >= 0.6 is 0 Å². The maximum absolute atomic E-state index is 5.36. The maximum atomic E-state index is 5.36. The molecule has 0 heterocycles. The SMILES string of the molecule is CCc1cc(-c2ccc(CCC3=CCCC=C3)c(C)c2)ccc1Nc1ccc(-c2ccc(CCC3=CCCC=C3)c(C)c2)cc1CC.Cc1ccccc1.Cc1ccccc1.Nc1ccccc1. The Hall–Kier alpha value is -6.90. The standard InChI is InChI=1S/C46H51N.2C7H8.C6H7N/c1-5-37-31-43(41-23-21-39(33(3)29-41)19-17-35-13-9-7-10-14-35)25-27-45(37)47-46-28-26-44(32-38(46)6-2)42-24-22-40(34(4)30-42)20-18-36-15-11-8-12-16-36;2*1-7-5-3-2-4-6-7;7-6-4-2-1-3-5-6/h9,11,13-16,21-32,47H,5-8,10,12,17-20H2,1-4H3;2*2-6H,1H3;1-5H,7H2. The molecule has 2 nitrogen and oxygen atoms in total. The highest BCUT2D eigenvalue weighted by atomic mass is 14.9. The number of rotatable bonds is 12.